The Labute approximate surface area is 315 Å². The Bertz CT molecular complexity index is 2480. The van der Waals surface area contributed by atoms with Crippen molar-refractivity contribution in [3.05, 3.63) is 184 Å². The average molecular weight is 687 g/mol. The van der Waals surface area contributed by atoms with Crippen molar-refractivity contribution in [3.8, 4) is 5.69 Å². The van der Waals surface area contributed by atoms with Crippen molar-refractivity contribution < 1.29 is 0 Å². The third-order valence-electron chi connectivity index (χ3n) is 11.1. The molecular weight excluding hydrogens is 639 g/mol. The highest BCUT2D eigenvalue weighted by molar-refractivity contribution is 6.97. The highest BCUT2D eigenvalue weighted by Crippen LogP contribution is 2.39. The van der Waals surface area contributed by atoms with E-state index in [9.17, 15) is 0 Å². The first-order chi connectivity index (χ1) is 25.6. The third kappa shape index (κ3) is 6.05. The largest absolute Gasteiger partial charge is 0.310 e. The van der Waals surface area contributed by atoms with Gasteiger partial charge in [-0.25, -0.2) is 0 Å². The van der Waals surface area contributed by atoms with Gasteiger partial charge in [-0.3, -0.25) is 0 Å². The minimum atomic E-state index is 0.132. The molecule has 8 rings (SSSR count). The van der Waals surface area contributed by atoms with Crippen LogP contribution in [0.1, 0.15) is 44.5 Å². The Morgan fingerprint density at radius 1 is 0.377 bits per heavy atom. The summed E-state index contributed by atoms with van der Waals surface area (Å²) in [4.78, 5) is 2.35. The van der Waals surface area contributed by atoms with E-state index in [4.69, 9.17) is 0 Å². The second-order valence-corrected chi connectivity index (χ2v) is 15.1. The Balaban J connectivity index is 1.33. The summed E-state index contributed by atoms with van der Waals surface area (Å²) in [7, 11) is 0. The zero-order valence-corrected chi connectivity index (χ0v) is 32.3. The molecule has 0 fully saturated rings. The van der Waals surface area contributed by atoms with E-state index in [1.807, 2.05) is 0 Å². The van der Waals surface area contributed by atoms with Gasteiger partial charge in [-0.15, -0.1) is 0 Å². The van der Waals surface area contributed by atoms with Crippen molar-refractivity contribution in [2.24, 2.45) is 0 Å². The molecule has 1 aromatic heterocycles. The topological polar surface area (TPSA) is 8.17 Å². The first-order valence-electron chi connectivity index (χ1n) is 18.8. The Kier molecular flexibility index (Phi) is 8.83. The molecule has 0 spiro atoms. The maximum absolute atomic E-state index is 2.47. The standard InChI is InChI=1S/C50H47BN2/c1-32-25-34(3)48(35(4)26-32)51(49-36(5)27-33(2)28-37(49)6)50-38(7)29-43(30-39(50)8)53-46-22-16-15-21-44(46)45-31-42(23-24-47(45)53)52(40-17-11-9-12-18-40)41-19-13-10-14-20-41/h9-31H,1-8H3. The minimum Gasteiger partial charge on any atom is -0.310 e. The van der Waals surface area contributed by atoms with E-state index in [1.165, 1.54) is 88.4 Å². The summed E-state index contributed by atoms with van der Waals surface area (Å²) >= 11 is 0. The van der Waals surface area contributed by atoms with Gasteiger partial charge in [0.2, 0.25) is 6.71 Å². The van der Waals surface area contributed by atoms with E-state index in [0.717, 1.165) is 17.1 Å². The normalized spacial score (nSPS) is 11.4. The fraction of sp³-hybridized carbons (Fsp3) is 0.160. The number of hydrogen-bond acceptors (Lipinski definition) is 1. The average Bonchev–Trinajstić information content (AvgIpc) is 3.45. The molecule has 0 radical (unpaired) electrons. The summed E-state index contributed by atoms with van der Waals surface area (Å²) < 4.78 is 2.47. The van der Waals surface area contributed by atoms with Crippen LogP contribution in [0, 0.1) is 55.4 Å². The number of rotatable bonds is 7. The van der Waals surface area contributed by atoms with E-state index >= 15 is 0 Å². The zero-order valence-electron chi connectivity index (χ0n) is 32.3. The Hall–Kier alpha value is -5.80. The molecule has 0 aliphatic rings. The molecule has 53 heavy (non-hydrogen) atoms. The van der Waals surface area contributed by atoms with E-state index in [1.54, 1.807) is 0 Å². The SMILES string of the molecule is Cc1cc(C)c(B(c2c(C)cc(C)cc2C)c2c(C)cc(-n3c4ccccc4c4cc(N(c5ccccc5)c5ccccc5)ccc43)cc2C)c(C)c1. The lowest BCUT2D eigenvalue weighted by molar-refractivity contribution is 1.16. The van der Waals surface area contributed by atoms with Crippen LogP contribution in [-0.2, 0) is 0 Å². The van der Waals surface area contributed by atoms with Crippen molar-refractivity contribution >= 4 is 62.0 Å². The molecule has 1 heterocycles. The molecule has 0 amide bonds. The number of aryl methyl sites for hydroxylation is 8. The van der Waals surface area contributed by atoms with E-state index < -0.39 is 0 Å². The van der Waals surface area contributed by atoms with Crippen LogP contribution >= 0.6 is 0 Å². The van der Waals surface area contributed by atoms with Gasteiger partial charge in [0.05, 0.1) is 11.0 Å². The van der Waals surface area contributed by atoms with Gasteiger partial charge in [0.15, 0.2) is 0 Å². The number of anilines is 3. The first kappa shape index (κ1) is 34.3. The summed E-state index contributed by atoms with van der Waals surface area (Å²) in [6.45, 7) is 18.4. The molecule has 3 heteroatoms. The number of para-hydroxylation sites is 3. The van der Waals surface area contributed by atoms with Crippen molar-refractivity contribution in [1.29, 1.82) is 0 Å². The fourth-order valence-corrected chi connectivity index (χ4v) is 9.24. The second-order valence-electron chi connectivity index (χ2n) is 15.1. The number of benzene rings is 7. The molecule has 0 aliphatic heterocycles. The molecule has 0 atom stereocenters. The lowest BCUT2D eigenvalue weighted by Crippen LogP contribution is -2.57. The fourth-order valence-electron chi connectivity index (χ4n) is 9.24. The summed E-state index contributed by atoms with van der Waals surface area (Å²) in [5, 5.41) is 2.49. The number of nitrogens with zero attached hydrogens (tertiary/aromatic N) is 2. The first-order valence-corrected chi connectivity index (χ1v) is 18.8. The summed E-state index contributed by atoms with van der Waals surface area (Å²) in [6, 6.07) is 51.4. The maximum Gasteiger partial charge on any atom is 0.243 e. The van der Waals surface area contributed by atoms with Crippen molar-refractivity contribution in [1.82, 2.24) is 4.57 Å². The van der Waals surface area contributed by atoms with Gasteiger partial charge in [0.25, 0.3) is 0 Å². The molecule has 8 aromatic rings. The van der Waals surface area contributed by atoms with Gasteiger partial charge < -0.3 is 9.47 Å². The van der Waals surface area contributed by atoms with Gasteiger partial charge >= 0.3 is 0 Å². The summed E-state index contributed by atoms with van der Waals surface area (Å²) in [5.74, 6) is 0. The molecule has 0 saturated carbocycles. The predicted molar refractivity (Wildman–Crippen MR) is 231 cm³/mol. The minimum absolute atomic E-state index is 0.132. The third-order valence-corrected chi connectivity index (χ3v) is 11.1. The van der Waals surface area contributed by atoms with Crippen molar-refractivity contribution in [2.75, 3.05) is 4.90 Å². The number of aromatic nitrogens is 1. The Morgan fingerprint density at radius 3 is 1.28 bits per heavy atom. The van der Waals surface area contributed by atoms with Crippen LogP contribution in [0.3, 0.4) is 0 Å². The molecule has 0 bridgehead atoms. The molecule has 0 unspecified atom stereocenters. The maximum atomic E-state index is 2.47. The van der Waals surface area contributed by atoms with Crippen molar-refractivity contribution in [2.45, 2.75) is 55.4 Å². The predicted octanol–water partition coefficient (Wildman–Crippen LogP) is 11.2. The number of hydrogen-bond donors (Lipinski definition) is 0. The van der Waals surface area contributed by atoms with E-state index in [0.29, 0.717) is 0 Å². The van der Waals surface area contributed by atoms with Gasteiger partial charge in [-0.2, -0.15) is 0 Å². The highest BCUT2D eigenvalue weighted by Gasteiger charge is 2.31. The van der Waals surface area contributed by atoms with E-state index in [-0.39, 0.29) is 6.71 Å². The van der Waals surface area contributed by atoms with Gasteiger partial charge in [-0.1, -0.05) is 140 Å². The van der Waals surface area contributed by atoms with Crippen LogP contribution in [0.2, 0.25) is 0 Å². The molecule has 2 nitrogen and oxygen atoms in total. The molecule has 0 saturated heterocycles. The molecule has 260 valence electrons. The highest BCUT2D eigenvalue weighted by atomic mass is 15.1. The van der Waals surface area contributed by atoms with Crippen LogP contribution in [0.5, 0.6) is 0 Å². The molecular formula is C50H47BN2. The van der Waals surface area contributed by atoms with Gasteiger partial charge in [0, 0.05) is 33.5 Å². The summed E-state index contributed by atoms with van der Waals surface area (Å²) in [6.07, 6.45) is 0. The zero-order chi connectivity index (χ0) is 37.0. The van der Waals surface area contributed by atoms with Crippen LogP contribution in [0.25, 0.3) is 27.5 Å². The molecule has 0 aliphatic carbocycles. The lowest BCUT2D eigenvalue weighted by Gasteiger charge is -2.27. The van der Waals surface area contributed by atoms with E-state index in [2.05, 4.69) is 204 Å². The Morgan fingerprint density at radius 2 is 0.792 bits per heavy atom. The van der Waals surface area contributed by atoms with Crippen molar-refractivity contribution in [3.63, 3.8) is 0 Å². The van der Waals surface area contributed by atoms with Crippen LogP contribution in [0.4, 0.5) is 17.1 Å². The second kappa shape index (κ2) is 13.6. The number of fused-ring (bicyclic) bond motifs is 3. The van der Waals surface area contributed by atoms with Gasteiger partial charge in [-0.05, 0) is 116 Å². The van der Waals surface area contributed by atoms with Crippen LogP contribution in [-0.4, -0.2) is 11.3 Å². The molecule has 0 N–H and O–H groups in total. The molecule has 7 aromatic carbocycles. The summed E-state index contributed by atoms with van der Waals surface area (Å²) in [5.41, 5.74) is 21.9. The van der Waals surface area contributed by atoms with Gasteiger partial charge in [0.1, 0.15) is 0 Å². The quantitative estimate of drug-likeness (QED) is 0.152. The lowest BCUT2D eigenvalue weighted by atomic mass is 9.33. The smallest absolute Gasteiger partial charge is 0.243 e. The van der Waals surface area contributed by atoms with Crippen LogP contribution in [0.15, 0.2) is 140 Å². The monoisotopic (exact) mass is 686 g/mol. The van der Waals surface area contributed by atoms with Crippen LogP contribution < -0.4 is 21.3 Å².